The third-order valence-electron chi connectivity index (χ3n) is 3.74. The largest absolute Gasteiger partial charge is 0.349 e. The van der Waals surface area contributed by atoms with Gasteiger partial charge in [-0.2, -0.15) is 9.61 Å². The number of thiophene rings is 1. The van der Waals surface area contributed by atoms with Crippen LogP contribution < -0.4 is 5.69 Å². The van der Waals surface area contributed by atoms with E-state index in [0.29, 0.717) is 11.6 Å². The molecule has 0 unspecified atom stereocenters. The van der Waals surface area contributed by atoms with Crippen molar-refractivity contribution in [1.29, 1.82) is 0 Å². The Morgan fingerprint density at radius 1 is 1.56 bits per heavy atom. The lowest BCUT2D eigenvalue weighted by atomic mass is 9.87. The number of aryl methyl sites for hydroxylation is 1. The maximum atomic E-state index is 11.9. The van der Waals surface area contributed by atoms with E-state index in [-0.39, 0.29) is 5.69 Å². The Labute approximate surface area is 106 Å². The van der Waals surface area contributed by atoms with Gasteiger partial charge in [-0.25, -0.2) is 9.78 Å². The molecular weight excluding hydrogens is 248 g/mol. The Hall–Kier alpha value is -1.69. The third-order valence-corrected chi connectivity index (χ3v) is 4.92. The zero-order valence-electron chi connectivity index (χ0n) is 9.93. The van der Waals surface area contributed by atoms with Crippen molar-refractivity contribution in [3.05, 3.63) is 27.3 Å². The van der Waals surface area contributed by atoms with Crippen molar-refractivity contribution >= 4 is 27.2 Å². The summed E-state index contributed by atoms with van der Waals surface area (Å²) in [4.78, 5) is 21.4. The molecule has 0 fully saturated rings. The van der Waals surface area contributed by atoms with Gasteiger partial charge in [0.2, 0.25) is 0 Å². The van der Waals surface area contributed by atoms with Crippen LogP contribution in [-0.4, -0.2) is 19.6 Å². The molecule has 18 heavy (non-hydrogen) atoms. The average Bonchev–Trinajstić information content (AvgIpc) is 2.92. The van der Waals surface area contributed by atoms with E-state index < -0.39 is 0 Å². The lowest BCUT2D eigenvalue weighted by Gasteiger charge is -2.18. The fraction of sp³-hybridized carbons (Fsp3) is 0.417. The van der Waals surface area contributed by atoms with Gasteiger partial charge in [-0.3, -0.25) is 4.98 Å². The van der Waals surface area contributed by atoms with Gasteiger partial charge in [0, 0.05) is 4.88 Å². The second kappa shape index (κ2) is 3.41. The fourth-order valence-electron chi connectivity index (χ4n) is 2.93. The number of fused-ring (bicyclic) bond motifs is 5. The smallest absolute Gasteiger partial charge is 0.297 e. The Morgan fingerprint density at radius 3 is 3.33 bits per heavy atom. The lowest BCUT2D eigenvalue weighted by Crippen LogP contribution is -2.17. The SMILES string of the molecule is C[C@@H]1CCCc2sc3[nH]c(=O)n4ncnc4c3c21. The molecule has 1 atom stereocenters. The molecular formula is C12H12N4OS. The molecule has 0 aliphatic heterocycles. The Balaban J connectivity index is 2.26. The minimum Gasteiger partial charge on any atom is -0.297 e. The Kier molecular flexibility index (Phi) is 1.94. The zero-order valence-corrected chi connectivity index (χ0v) is 10.8. The van der Waals surface area contributed by atoms with E-state index in [1.54, 1.807) is 11.3 Å². The molecule has 3 aromatic heterocycles. The summed E-state index contributed by atoms with van der Waals surface area (Å²) in [6, 6.07) is 0. The van der Waals surface area contributed by atoms with Gasteiger partial charge >= 0.3 is 5.69 Å². The Morgan fingerprint density at radius 2 is 2.44 bits per heavy atom. The molecule has 0 bridgehead atoms. The summed E-state index contributed by atoms with van der Waals surface area (Å²) in [5.41, 5.74) is 1.86. The van der Waals surface area contributed by atoms with E-state index in [4.69, 9.17) is 0 Å². The van der Waals surface area contributed by atoms with Crippen LogP contribution in [0.25, 0.3) is 15.9 Å². The van der Waals surface area contributed by atoms with Crippen LogP contribution >= 0.6 is 11.3 Å². The van der Waals surface area contributed by atoms with E-state index in [2.05, 4.69) is 22.0 Å². The van der Waals surface area contributed by atoms with Crippen LogP contribution in [0.4, 0.5) is 0 Å². The highest BCUT2D eigenvalue weighted by Crippen LogP contribution is 2.41. The quantitative estimate of drug-likeness (QED) is 0.673. The first kappa shape index (κ1) is 10.3. The molecule has 4 rings (SSSR count). The standard InChI is InChI=1S/C12H12N4OS/c1-6-3-2-4-7-8(6)9-10-13-5-14-16(10)12(17)15-11(9)18-7/h5-6H,2-4H2,1H3,(H,15,17)/t6-/m1/s1. The molecule has 3 heterocycles. The van der Waals surface area contributed by atoms with Gasteiger partial charge in [0.1, 0.15) is 11.2 Å². The van der Waals surface area contributed by atoms with Crippen molar-refractivity contribution in [2.45, 2.75) is 32.1 Å². The fourth-order valence-corrected chi connectivity index (χ4v) is 4.28. The normalized spacial score (nSPS) is 19.5. The van der Waals surface area contributed by atoms with E-state index >= 15 is 0 Å². The highest BCUT2D eigenvalue weighted by molar-refractivity contribution is 7.19. The maximum absolute atomic E-state index is 11.9. The molecule has 1 aliphatic carbocycles. The van der Waals surface area contributed by atoms with Crippen molar-refractivity contribution in [1.82, 2.24) is 19.6 Å². The molecule has 6 heteroatoms. The number of nitrogens with one attached hydrogen (secondary N) is 1. The molecule has 92 valence electrons. The predicted molar refractivity (Wildman–Crippen MR) is 70.3 cm³/mol. The van der Waals surface area contributed by atoms with Crippen molar-refractivity contribution in [3.63, 3.8) is 0 Å². The summed E-state index contributed by atoms with van der Waals surface area (Å²) >= 11 is 1.70. The number of aromatic nitrogens is 4. The van der Waals surface area contributed by atoms with E-state index in [9.17, 15) is 4.79 Å². The van der Waals surface area contributed by atoms with E-state index in [1.165, 1.54) is 34.1 Å². The first-order valence-corrected chi connectivity index (χ1v) is 6.94. The second-order valence-corrected chi connectivity index (χ2v) is 5.97. The molecule has 0 radical (unpaired) electrons. The van der Waals surface area contributed by atoms with Crippen LogP contribution in [0.1, 0.15) is 36.1 Å². The number of hydrogen-bond acceptors (Lipinski definition) is 4. The molecule has 0 aromatic carbocycles. The Bertz CT molecular complexity index is 813. The number of hydrogen-bond donors (Lipinski definition) is 1. The van der Waals surface area contributed by atoms with Gasteiger partial charge in [-0.15, -0.1) is 11.3 Å². The molecule has 0 spiro atoms. The lowest BCUT2D eigenvalue weighted by molar-refractivity contribution is 0.602. The van der Waals surface area contributed by atoms with Crippen LogP contribution in [0.2, 0.25) is 0 Å². The molecule has 0 amide bonds. The molecule has 5 nitrogen and oxygen atoms in total. The number of rotatable bonds is 0. The predicted octanol–water partition coefficient (Wildman–Crippen LogP) is 2.07. The second-order valence-electron chi connectivity index (χ2n) is 4.86. The first-order valence-electron chi connectivity index (χ1n) is 6.13. The minimum atomic E-state index is -0.207. The molecule has 3 aromatic rings. The van der Waals surface area contributed by atoms with Gasteiger partial charge in [0.25, 0.3) is 0 Å². The van der Waals surface area contributed by atoms with Crippen LogP contribution in [0, 0.1) is 0 Å². The summed E-state index contributed by atoms with van der Waals surface area (Å²) in [5.74, 6) is 0.536. The minimum absolute atomic E-state index is 0.207. The monoisotopic (exact) mass is 260 g/mol. The summed E-state index contributed by atoms with van der Waals surface area (Å²) in [6.07, 6.45) is 5.00. The highest BCUT2D eigenvalue weighted by Gasteiger charge is 2.24. The molecule has 0 saturated carbocycles. The van der Waals surface area contributed by atoms with E-state index in [0.717, 1.165) is 16.6 Å². The topological polar surface area (TPSA) is 63.0 Å². The van der Waals surface area contributed by atoms with Crippen molar-refractivity contribution in [3.8, 4) is 0 Å². The molecule has 0 saturated heterocycles. The van der Waals surface area contributed by atoms with Gasteiger partial charge in [-0.1, -0.05) is 6.92 Å². The summed E-state index contributed by atoms with van der Waals surface area (Å²) < 4.78 is 1.36. The number of H-pyrrole nitrogens is 1. The molecule has 1 N–H and O–H groups in total. The summed E-state index contributed by atoms with van der Waals surface area (Å²) in [6.45, 7) is 2.25. The third kappa shape index (κ3) is 1.18. The van der Waals surface area contributed by atoms with Crippen LogP contribution in [0.15, 0.2) is 11.1 Å². The van der Waals surface area contributed by atoms with Crippen LogP contribution in [0.5, 0.6) is 0 Å². The summed E-state index contributed by atoms with van der Waals surface area (Å²) in [5, 5.41) is 5.08. The van der Waals surface area contributed by atoms with Crippen molar-refractivity contribution in [2.75, 3.05) is 0 Å². The average molecular weight is 260 g/mol. The van der Waals surface area contributed by atoms with Gasteiger partial charge in [0.05, 0.1) is 5.39 Å². The highest BCUT2D eigenvalue weighted by atomic mass is 32.1. The van der Waals surface area contributed by atoms with E-state index in [1.807, 2.05) is 0 Å². The molecule has 1 aliphatic rings. The number of nitrogens with zero attached hydrogens (tertiary/aromatic N) is 3. The zero-order chi connectivity index (χ0) is 12.3. The summed E-state index contributed by atoms with van der Waals surface area (Å²) in [7, 11) is 0. The van der Waals surface area contributed by atoms with Gasteiger partial charge in [-0.05, 0) is 30.7 Å². The van der Waals surface area contributed by atoms with Gasteiger partial charge in [0.15, 0.2) is 5.65 Å². The van der Waals surface area contributed by atoms with Crippen molar-refractivity contribution < 1.29 is 0 Å². The van der Waals surface area contributed by atoms with Crippen LogP contribution in [-0.2, 0) is 6.42 Å². The van der Waals surface area contributed by atoms with Crippen LogP contribution in [0.3, 0.4) is 0 Å². The number of aromatic amines is 1. The first-order chi connectivity index (χ1) is 8.75. The maximum Gasteiger partial charge on any atom is 0.349 e. The van der Waals surface area contributed by atoms with Crippen molar-refractivity contribution in [2.24, 2.45) is 0 Å². The van der Waals surface area contributed by atoms with Gasteiger partial charge < -0.3 is 0 Å².